The zero-order valence-electron chi connectivity index (χ0n) is 12.3. The largest absolute Gasteiger partial charge is 0.508 e. The fourth-order valence-electron chi connectivity index (χ4n) is 2.01. The quantitative estimate of drug-likeness (QED) is 0.539. The van der Waals surface area contributed by atoms with Gasteiger partial charge in [-0.15, -0.1) is 0 Å². The van der Waals surface area contributed by atoms with Crippen molar-refractivity contribution in [3.63, 3.8) is 0 Å². The molecule has 2 unspecified atom stereocenters. The number of phenolic OH excluding ortho intramolecular Hbond substituents is 2. The molecule has 2 aromatic carbocycles. The van der Waals surface area contributed by atoms with E-state index < -0.39 is 24.1 Å². The van der Waals surface area contributed by atoms with Crippen molar-refractivity contribution in [2.75, 3.05) is 4.90 Å². The second-order valence-corrected chi connectivity index (χ2v) is 4.93. The van der Waals surface area contributed by atoms with Gasteiger partial charge in [0.05, 0.1) is 0 Å². The highest BCUT2D eigenvalue weighted by Gasteiger charge is 2.34. The van der Waals surface area contributed by atoms with Crippen LogP contribution in [0.3, 0.4) is 0 Å². The average Bonchev–Trinajstić information content (AvgIpc) is 2.56. The van der Waals surface area contributed by atoms with Gasteiger partial charge in [-0.3, -0.25) is 9.69 Å². The van der Waals surface area contributed by atoms with E-state index in [1.807, 2.05) is 0 Å². The molecule has 0 aliphatic carbocycles. The summed E-state index contributed by atoms with van der Waals surface area (Å²) in [4.78, 5) is 24.2. The lowest BCUT2D eigenvalue weighted by Gasteiger charge is -2.26. The van der Waals surface area contributed by atoms with Crippen molar-refractivity contribution >= 4 is 23.3 Å². The second-order valence-electron chi connectivity index (χ2n) is 4.93. The summed E-state index contributed by atoms with van der Waals surface area (Å²) in [5, 5.41) is 46.7. The lowest BCUT2D eigenvalue weighted by molar-refractivity contribution is -0.157. The molecule has 2 aromatic rings. The maximum absolute atomic E-state index is 12.5. The van der Waals surface area contributed by atoms with Gasteiger partial charge in [0.15, 0.2) is 12.2 Å². The van der Waals surface area contributed by atoms with Gasteiger partial charge in [0.2, 0.25) is 0 Å². The molecule has 126 valence electrons. The number of benzene rings is 2. The van der Waals surface area contributed by atoms with Gasteiger partial charge in [0.25, 0.3) is 5.91 Å². The molecule has 0 bridgehead atoms. The number of carbonyl (C=O) groups excluding carboxylic acids is 1. The van der Waals surface area contributed by atoms with Crippen molar-refractivity contribution < 1.29 is 35.1 Å². The van der Waals surface area contributed by atoms with Crippen molar-refractivity contribution in [3.05, 3.63) is 48.5 Å². The Bertz CT molecular complexity index is 682. The lowest BCUT2D eigenvalue weighted by Crippen LogP contribution is -2.46. The monoisotopic (exact) mass is 333 g/mol. The summed E-state index contributed by atoms with van der Waals surface area (Å²) in [5.41, 5.74) is 0.445. The number of aliphatic hydroxyl groups excluding tert-OH is 2. The minimum absolute atomic E-state index is 0.0528. The lowest BCUT2D eigenvalue weighted by atomic mass is 10.1. The number of anilines is 2. The molecule has 1 amide bonds. The molecular weight excluding hydrogens is 318 g/mol. The first kappa shape index (κ1) is 17.3. The molecule has 0 saturated carbocycles. The van der Waals surface area contributed by atoms with Crippen molar-refractivity contribution in [2.45, 2.75) is 12.2 Å². The number of amides is 1. The van der Waals surface area contributed by atoms with Crippen LogP contribution in [0.4, 0.5) is 11.4 Å². The number of carbonyl (C=O) groups is 2. The Kier molecular flexibility index (Phi) is 5.02. The highest BCUT2D eigenvalue weighted by Crippen LogP contribution is 2.29. The molecule has 2 rings (SSSR count). The molecule has 0 heterocycles. The Balaban J connectivity index is 2.46. The van der Waals surface area contributed by atoms with Crippen LogP contribution in [0, 0.1) is 0 Å². The third-order valence-corrected chi connectivity index (χ3v) is 3.24. The standard InChI is InChI=1S/C16H15NO7/c18-11-5-1-9(2-6-11)17(10-3-7-12(19)8-4-10)15(22)13(20)14(21)16(23)24/h1-8,13-14,18-21H,(H,23,24). The van der Waals surface area contributed by atoms with Crippen LogP contribution in [0.15, 0.2) is 48.5 Å². The van der Waals surface area contributed by atoms with Gasteiger partial charge in [-0.05, 0) is 48.5 Å². The van der Waals surface area contributed by atoms with E-state index in [-0.39, 0.29) is 22.9 Å². The molecule has 0 saturated heterocycles. The predicted molar refractivity (Wildman–Crippen MR) is 83.0 cm³/mol. The van der Waals surface area contributed by atoms with Crippen LogP contribution in [0.1, 0.15) is 0 Å². The van der Waals surface area contributed by atoms with Gasteiger partial charge in [-0.25, -0.2) is 4.79 Å². The summed E-state index contributed by atoms with van der Waals surface area (Å²) in [6, 6.07) is 10.7. The number of phenols is 2. The summed E-state index contributed by atoms with van der Waals surface area (Å²) in [6.45, 7) is 0. The van der Waals surface area contributed by atoms with Gasteiger partial charge >= 0.3 is 5.97 Å². The van der Waals surface area contributed by atoms with Crippen molar-refractivity contribution in [2.24, 2.45) is 0 Å². The van der Waals surface area contributed by atoms with Crippen LogP contribution in [0.5, 0.6) is 11.5 Å². The van der Waals surface area contributed by atoms with E-state index in [2.05, 4.69) is 0 Å². The molecule has 2 atom stereocenters. The maximum atomic E-state index is 12.5. The molecule has 0 fully saturated rings. The van der Waals surface area contributed by atoms with Crippen LogP contribution in [0.25, 0.3) is 0 Å². The molecule has 0 radical (unpaired) electrons. The fraction of sp³-hybridized carbons (Fsp3) is 0.125. The van der Waals surface area contributed by atoms with Gasteiger partial charge in [0.1, 0.15) is 11.5 Å². The number of nitrogens with zero attached hydrogens (tertiary/aromatic N) is 1. The summed E-state index contributed by atoms with van der Waals surface area (Å²) in [5.74, 6) is -2.93. The molecule has 0 aliphatic rings. The second kappa shape index (κ2) is 6.99. The number of rotatable bonds is 5. The molecule has 8 heteroatoms. The number of carboxylic acids is 1. The Hall–Kier alpha value is -3.10. The van der Waals surface area contributed by atoms with Crippen LogP contribution < -0.4 is 4.90 Å². The first-order valence-electron chi connectivity index (χ1n) is 6.82. The number of hydrogen-bond acceptors (Lipinski definition) is 6. The molecule has 0 aromatic heterocycles. The molecule has 0 spiro atoms. The predicted octanol–water partition coefficient (Wildman–Crippen LogP) is 0.569. The molecule has 0 aliphatic heterocycles. The van der Waals surface area contributed by atoms with Crippen LogP contribution >= 0.6 is 0 Å². The minimum Gasteiger partial charge on any atom is -0.508 e. The Labute approximate surface area is 136 Å². The zero-order valence-corrected chi connectivity index (χ0v) is 12.3. The van der Waals surface area contributed by atoms with Gasteiger partial charge in [-0.1, -0.05) is 0 Å². The SMILES string of the molecule is O=C(O)C(O)C(O)C(=O)N(c1ccc(O)cc1)c1ccc(O)cc1. The fourth-order valence-corrected chi connectivity index (χ4v) is 2.01. The summed E-state index contributed by atoms with van der Waals surface area (Å²) >= 11 is 0. The van der Waals surface area contributed by atoms with E-state index in [1.165, 1.54) is 48.5 Å². The van der Waals surface area contributed by atoms with E-state index in [0.717, 1.165) is 4.90 Å². The molecule has 8 nitrogen and oxygen atoms in total. The number of aliphatic hydroxyl groups is 2. The number of aliphatic carboxylic acids is 1. The Morgan fingerprint density at radius 1 is 0.750 bits per heavy atom. The Morgan fingerprint density at radius 2 is 1.12 bits per heavy atom. The van der Waals surface area contributed by atoms with E-state index in [1.54, 1.807) is 0 Å². The number of hydrogen-bond donors (Lipinski definition) is 5. The van der Waals surface area contributed by atoms with Crippen molar-refractivity contribution in [3.8, 4) is 11.5 Å². The van der Waals surface area contributed by atoms with E-state index in [4.69, 9.17) is 5.11 Å². The number of aromatic hydroxyl groups is 2. The Morgan fingerprint density at radius 3 is 1.46 bits per heavy atom. The van der Waals surface area contributed by atoms with Gasteiger partial charge in [-0.2, -0.15) is 0 Å². The smallest absolute Gasteiger partial charge is 0.335 e. The average molecular weight is 333 g/mol. The molecular formula is C16H15NO7. The van der Waals surface area contributed by atoms with Crippen molar-refractivity contribution in [1.29, 1.82) is 0 Å². The summed E-state index contributed by atoms with van der Waals surface area (Å²) in [7, 11) is 0. The van der Waals surface area contributed by atoms with Crippen LogP contribution in [-0.4, -0.2) is 49.6 Å². The number of carboxylic acid groups (broad SMARTS) is 1. The van der Waals surface area contributed by atoms with E-state index in [0.29, 0.717) is 0 Å². The zero-order chi connectivity index (χ0) is 17.9. The van der Waals surface area contributed by atoms with Gasteiger partial charge < -0.3 is 25.5 Å². The maximum Gasteiger partial charge on any atom is 0.335 e. The summed E-state index contributed by atoms with van der Waals surface area (Å²) < 4.78 is 0. The van der Waals surface area contributed by atoms with Crippen LogP contribution in [-0.2, 0) is 9.59 Å². The minimum atomic E-state index is -2.30. The topological polar surface area (TPSA) is 139 Å². The third kappa shape index (κ3) is 3.62. The summed E-state index contributed by atoms with van der Waals surface area (Å²) in [6.07, 6.45) is -4.50. The van der Waals surface area contributed by atoms with E-state index in [9.17, 15) is 30.0 Å². The van der Waals surface area contributed by atoms with Crippen molar-refractivity contribution in [1.82, 2.24) is 0 Å². The normalized spacial score (nSPS) is 13.1. The third-order valence-electron chi connectivity index (χ3n) is 3.24. The molecule has 24 heavy (non-hydrogen) atoms. The molecule has 5 N–H and O–H groups in total. The first-order chi connectivity index (χ1) is 11.3. The first-order valence-corrected chi connectivity index (χ1v) is 6.82. The van der Waals surface area contributed by atoms with Crippen LogP contribution in [0.2, 0.25) is 0 Å². The van der Waals surface area contributed by atoms with Gasteiger partial charge in [0, 0.05) is 11.4 Å². The highest BCUT2D eigenvalue weighted by molar-refractivity contribution is 6.04. The van der Waals surface area contributed by atoms with E-state index >= 15 is 0 Å². The highest BCUT2D eigenvalue weighted by atomic mass is 16.4.